The van der Waals surface area contributed by atoms with Crippen molar-refractivity contribution in [3.63, 3.8) is 0 Å². The molecule has 1 unspecified atom stereocenters. The van der Waals surface area contributed by atoms with Crippen LogP contribution in [0.5, 0.6) is 17.2 Å². The van der Waals surface area contributed by atoms with E-state index < -0.39 is 24.6 Å². The summed E-state index contributed by atoms with van der Waals surface area (Å²) in [6, 6.07) is 11.4. The van der Waals surface area contributed by atoms with Gasteiger partial charge in [-0.2, -0.15) is 0 Å². The Morgan fingerprint density at radius 3 is 2.53 bits per heavy atom. The maximum atomic E-state index is 12.8. The SMILES string of the molecule is CNC(=O)C1CN(C(=O)COC(=O)c2ccc(OC)c(OC)c2)c2ccccc2O1. The van der Waals surface area contributed by atoms with Gasteiger partial charge in [0.15, 0.2) is 24.2 Å². The average molecular weight is 414 g/mol. The molecule has 1 heterocycles. The molecule has 0 spiro atoms. The molecule has 9 heteroatoms. The molecule has 0 fully saturated rings. The van der Waals surface area contributed by atoms with Crippen LogP contribution in [-0.2, 0) is 14.3 Å². The quantitative estimate of drug-likeness (QED) is 0.713. The predicted molar refractivity (Wildman–Crippen MR) is 107 cm³/mol. The van der Waals surface area contributed by atoms with Gasteiger partial charge in [-0.15, -0.1) is 0 Å². The average Bonchev–Trinajstić information content (AvgIpc) is 2.80. The maximum Gasteiger partial charge on any atom is 0.338 e. The van der Waals surface area contributed by atoms with Gasteiger partial charge in [0.1, 0.15) is 5.75 Å². The Balaban J connectivity index is 1.72. The number of esters is 1. The van der Waals surface area contributed by atoms with Crippen LogP contribution in [0.25, 0.3) is 0 Å². The topological polar surface area (TPSA) is 103 Å². The minimum Gasteiger partial charge on any atom is -0.493 e. The van der Waals surface area contributed by atoms with Crippen LogP contribution in [0, 0.1) is 0 Å². The van der Waals surface area contributed by atoms with Crippen molar-refractivity contribution in [2.75, 3.05) is 39.3 Å². The Labute approximate surface area is 173 Å². The summed E-state index contributed by atoms with van der Waals surface area (Å²) in [5.41, 5.74) is 0.718. The molecule has 0 radical (unpaired) electrons. The first-order chi connectivity index (χ1) is 14.5. The van der Waals surface area contributed by atoms with Gasteiger partial charge < -0.3 is 29.2 Å². The summed E-state index contributed by atoms with van der Waals surface area (Å²) in [6.07, 6.45) is -0.865. The zero-order chi connectivity index (χ0) is 21.7. The van der Waals surface area contributed by atoms with Crippen LogP contribution in [0.4, 0.5) is 5.69 Å². The molecule has 0 aromatic heterocycles. The van der Waals surface area contributed by atoms with Gasteiger partial charge in [-0.1, -0.05) is 12.1 Å². The fourth-order valence-corrected chi connectivity index (χ4v) is 3.02. The standard InChI is InChI=1S/C21H22N2O7/c1-22-20(25)18-11-23(14-6-4-5-7-15(14)30-18)19(24)12-29-21(26)13-8-9-16(27-2)17(10-13)28-3/h4-10,18H,11-12H2,1-3H3,(H,22,25). The summed E-state index contributed by atoms with van der Waals surface area (Å²) < 4.78 is 21.2. The van der Waals surface area contributed by atoms with Crippen LogP contribution in [0.1, 0.15) is 10.4 Å². The Morgan fingerprint density at radius 2 is 1.83 bits per heavy atom. The molecule has 158 valence electrons. The van der Waals surface area contributed by atoms with Gasteiger partial charge in [-0.3, -0.25) is 9.59 Å². The number of hydrogen-bond donors (Lipinski definition) is 1. The Bertz CT molecular complexity index is 960. The molecular weight excluding hydrogens is 392 g/mol. The van der Waals surface area contributed by atoms with Crippen molar-refractivity contribution in [1.82, 2.24) is 5.32 Å². The van der Waals surface area contributed by atoms with Gasteiger partial charge in [0.25, 0.3) is 11.8 Å². The Kier molecular flexibility index (Phi) is 6.41. The van der Waals surface area contributed by atoms with Crippen molar-refractivity contribution >= 4 is 23.5 Å². The summed E-state index contributed by atoms with van der Waals surface area (Å²) in [6.45, 7) is -0.495. The van der Waals surface area contributed by atoms with E-state index in [-0.39, 0.29) is 18.0 Å². The number of amides is 2. The van der Waals surface area contributed by atoms with E-state index in [1.807, 2.05) is 0 Å². The number of hydrogen-bond acceptors (Lipinski definition) is 7. The number of rotatable bonds is 6. The van der Waals surface area contributed by atoms with E-state index in [4.69, 9.17) is 18.9 Å². The number of ether oxygens (including phenoxy) is 4. The van der Waals surface area contributed by atoms with Gasteiger partial charge in [0.05, 0.1) is 32.0 Å². The van der Waals surface area contributed by atoms with E-state index in [2.05, 4.69) is 5.32 Å². The fourth-order valence-electron chi connectivity index (χ4n) is 3.02. The van der Waals surface area contributed by atoms with Crippen LogP contribution >= 0.6 is 0 Å². The normalized spacial score (nSPS) is 14.8. The fraction of sp³-hybridized carbons (Fsp3) is 0.286. The largest absolute Gasteiger partial charge is 0.493 e. The second-order valence-electron chi connectivity index (χ2n) is 6.34. The van der Waals surface area contributed by atoms with Crippen molar-refractivity contribution in [2.45, 2.75) is 6.10 Å². The summed E-state index contributed by atoms with van der Waals surface area (Å²) in [7, 11) is 4.43. The number of carbonyl (C=O) groups is 3. The van der Waals surface area contributed by atoms with E-state index in [1.54, 1.807) is 30.3 Å². The predicted octanol–water partition coefficient (Wildman–Crippen LogP) is 1.40. The van der Waals surface area contributed by atoms with Crippen molar-refractivity contribution in [2.24, 2.45) is 0 Å². The van der Waals surface area contributed by atoms with Crippen molar-refractivity contribution in [3.8, 4) is 17.2 Å². The molecule has 1 atom stereocenters. The van der Waals surface area contributed by atoms with Gasteiger partial charge in [0, 0.05) is 7.05 Å². The van der Waals surface area contributed by atoms with E-state index >= 15 is 0 Å². The summed E-state index contributed by atoms with van der Waals surface area (Å²) in [5, 5.41) is 2.51. The monoisotopic (exact) mass is 414 g/mol. The highest BCUT2D eigenvalue weighted by Gasteiger charge is 2.33. The molecule has 30 heavy (non-hydrogen) atoms. The lowest BCUT2D eigenvalue weighted by Crippen LogP contribution is -2.51. The van der Waals surface area contributed by atoms with Crippen molar-refractivity contribution in [3.05, 3.63) is 48.0 Å². The van der Waals surface area contributed by atoms with Crippen LogP contribution in [0.3, 0.4) is 0 Å². The van der Waals surface area contributed by atoms with Crippen LogP contribution in [0.15, 0.2) is 42.5 Å². The zero-order valence-corrected chi connectivity index (χ0v) is 16.8. The number of fused-ring (bicyclic) bond motifs is 1. The second kappa shape index (κ2) is 9.17. The molecular formula is C21H22N2O7. The third-order valence-corrected chi connectivity index (χ3v) is 4.56. The summed E-state index contributed by atoms with van der Waals surface area (Å²) in [4.78, 5) is 38.6. The first-order valence-corrected chi connectivity index (χ1v) is 9.15. The summed E-state index contributed by atoms with van der Waals surface area (Å²) >= 11 is 0. The highest BCUT2D eigenvalue weighted by Crippen LogP contribution is 2.33. The van der Waals surface area contributed by atoms with E-state index in [1.165, 1.54) is 38.3 Å². The minimum atomic E-state index is -0.865. The molecule has 0 aliphatic carbocycles. The molecule has 0 saturated carbocycles. The smallest absolute Gasteiger partial charge is 0.338 e. The maximum absolute atomic E-state index is 12.8. The second-order valence-corrected chi connectivity index (χ2v) is 6.34. The third kappa shape index (κ3) is 4.29. The van der Waals surface area contributed by atoms with Gasteiger partial charge in [0.2, 0.25) is 0 Å². The number of para-hydroxylation sites is 2. The summed E-state index contributed by atoms with van der Waals surface area (Å²) in [5.74, 6) is -0.284. The van der Waals surface area contributed by atoms with Crippen LogP contribution < -0.4 is 24.4 Å². The molecule has 1 N–H and O–H groups in total. The van der Waals surface area contributed by atoms with Gasteiger partial charge >= 0.3 is 5.97 Å². The van der Waals surface area contributed by atoms with Gasteiger partial charge in [-0.05, 0) is 30.3 Å². The first kappa shape index (κ1) is 21.0. The third-order valence-electron chi connectivity index (χ3n) is 4.56. The van der Waals surface area contributed by atoms with Gasteiger partial charge in [-0.25, -0.2) is 4.79 Å². The highest BCUT2D eigenvalue weighted by molar-refractivity contribution is 5.99. The lowest BCUT2D eigenvalue weighted by atomic mass is 10.1. The van der Waals surface area contributed by atoms with E-state index in [0.29, 0.717) is 22.9 Å². The van der Waals surface area contributed by atoms with Crippen molar-refractivity contribution in [1.29, 1.82) is 0 Å². The molecule has 2 aromatic carbocycles. The van der Waals surface area contributed by atoms with E-state index in [9.17, 15) is 14.4 Å². The zero-order valence-electron chi connectivity index (χ0n) is 16.8. The number of anilines is 1. The van der Waals surface area contributed by atoms with Crippen LogP contribution in [0.2, 0.25) is 0 Å². The molecule has 2 amide bonds. The molecule has 1 aliphatic rings. The Morgan fingerprint density at radius 1 is 1.10 bits per heavy atom. The number of nitrogens with zero attached hydrogens (tertiary/aromatic N) is 1. The van der Waals surface area contributed by atoms with E-state index in [0.717, 1.165) is 0 Å². The molecule has 0 saturated heterocycles. The number of nitrogens with one attached hydrogen (secondary N) is 1. The molecule has 1 aliphatic heterocycles. The number of methoxy groups -OCH3 is 2. The molecule has 9 nitrogen and oxygen atoms in total. The Hall–Kier alpha value is -3.75. The molecule has 0 bridgehead atoms. The first-order valence-electron chi connectivity index (χ1n) is 9.15. The molecule has 3 rings (SSSR count). The van der Waals surface area contributed by atoms with Crippen LogP contribution in [-0.4, -0.2) is 58.3 Å². The number of carbonyl (C=O) groups excluding carboxylic acids is 3. The highest BCUT2D eigenvalue weighted by atomic mass is 16.5. The van der Waals surface area contributed by atoms with Crippen molar-refractivity contribution < 1.29 is 33.3 Å². The minimum absolute atomic E-state index is 0.00340. The lowest BCUT2D eigenvalue weighted by molar-refractivity contribution is -0.128. The number of likely N-dealkylation sites (N-methyl/N-ethyl adjacent to an activating group) is 1. The number of benzene rings is 2. The molecule has 2 aromatic rings. The lowest BCUT2D eigenvalue weighted by Gasteiger charge is -2.33.